The number of thiocyanates is 1. The van der Waals surface area contributed by atoms with Crippen LogP contribution in [0.5, 0.6) is 0 Å². The van der Waals surface area contributed by atoms with Gasteiger partial charge >= 0.3 is 0 Å². The van der Waals surface area contributed by atoms with Crippen molar-refractivity contribution in [2.45, 2.75) is 25.7 Å². The first-order valence-electron chi connectivity index (χ1n) is 4.93. The maximum absolute atomic E-state index is 8.88. The third kappa shape index (κ3) is 2.73. The molecule has 0 spiro atoms. The minimum atomic E-state index is 0.537. The lowest BCUT2D eigenvalue weighted by atomic mass is 10.0. The van der Waals surface area contributed by atoms with E-state index in [1.807, 2.05) is 26.2 Å². The van der Waals surface area contributed by atoms with Gasteiger partial charge in [-0.15, -0.1) is 0 Å². The van der Waals surface area contributed by atoms with Gasteiger partial charge in [-0.25, -0.2) is 0 Å². The fourth-order valence-electron chi connectivity index (χ4n) is 1.59. The molecule has 0 saturated heterocycles. The zero-order chi connectivity index (χ0) is 13.7. The Morgan fingerprint density at radius 1 is 0.944 bits per heavy atom. The largest absolute Gasteiger partial charge is 0.192 e. The van der Waals surface area contributed by atoms with Gasteiger partial charge in [0.05, 0.1) is 15.2 Å². The molecule has 0 bridgehead atoms. The number of benzene rings is 1. The van der Waals surface area contributed by atoms with E-state index in [-0.39, 0.29) is 0 Å². The molecule has 0 fully saturated rings. The summed E-state index contributed by atoms with van der Waals surface area (Å²) in [6, 6.07) is 0. The molecule has 0 heterocycles. The van der Waals surface area contributed by atoms with Crippen LogP contribution in [0.1, 0.15) is 16.7 Å². The Hall–Kier alpha value is -1.34. The first-order valence-corrected chi connectivity index (χ1v) is 6.57. The minimum Gasteiger partial charge on any atom is -0.192 e. The third-order valence-electron chi connectivity index (χ3n) is 2.72. The molecule has 0 amide bonds. The summed E-state index contributed by atoms with van der Waals surface area (Å²) in [6.07, 6.45) is 0. The van der Waals surface area contributed by atoms with Crippen LogP contribution in [-0.2, 0) is 0 Å². The van der Waals surface area contributed by atoms with Crippen LogP contribution in [0.2, 0.25) is 0 Å². The maximum Gasteiger partial charge on any atom is 0.138 e. The maximum atomic E-state index is 8.88. The van der Waals surface area contributed by atoms with E-state index in [4.69, 9.17) is 5.26 Å². The number of nitrogens with zero attached hydrogens (tertiary/aromatic N) is 3. The highest BCUT2D eigenvalue weighted by Crippen LogP contribution is 2.44. The molecule has 0 unspecified atom stereocenters. The van der Waals surface area contributed by atoms with Crippen molar-refractivity contribution in [1.82, 2.24) is 0 Å². The van der Waals surface area contributed by atoms with Gasteiger partial charge in [-0.05, 0) is 73.7 Å². The van der Waals surface area contributed by atoms with Gasteiger partial charge in [0, 0.05) is 0 Å². The van der Waals surface area contributed by atoms with Crippen LogP contribution < -0.4 is 0 Å². The average molecular weight is 291 g/mol. The van der Waals surface area contributed by atoms with Crippen molar-refractivity contribution in [3.05, 3.63) is 16.7 Å². The molecule has 0 aliphatic rings. The number of thioether (sulfide) groups is 1. The molecule has 0 radical (unpaired) electrons. The van der Waals surface area contributed by atoms with Crippen LogP contribution in [0.4, 0.5) is 11.4 Å². The van der Waals surface area contributed by atoms with E-state index >= 15 is 0 Å². The molecule has 0 aliphatic heterocycles. The minimum absolute atomic E-state index is 0.537. The number of hydrogen-bond donors (Lipinski definition) is 0. The lowest BCUT2D eigenvalue weighted by Crippen LogP contribution is -1.92. The quantitative estimate of drug-likeness (QED) is 0.352. The van der Waals surface area contributed by atoms with Gasteiger partial charge in [0.15, 0.2) is 0 Å². The average Bonchev–Trinajstić information content (AvgIpc) is 2.36. The van der Waals surface area contributed by atoms with Crippen molar-refractivity contribution in [2.75, 3.05) is 0 Å². The molecule has 6 heteroatoms. The predicted octanol–water partition coefficient (Wildman–Crippen LogP) is 4.65. The molecule has 0 aliphatic carbocycles. The van der Waals surface area contributed by atoms with Crippen LogP contribution in [0, 0.1) is 31.4 Å². The van der Waals surface area contributed by atoms with Gasteiger partial charge in [-0.2, -0.15) is 15.2 Å². The summed E-state index contributed by atoms with van der Waals surface area (Å²) in [5, 5.41) is 15.6. The number of thiocarbonyl (C=S) groups is 2. The fourth-order valence-corrected chi connectivity index (χ4v) is 2.41. The Labute approximate surface area is 121 Å². The Balaban J connectivity index is 3.86. The van der Waals surface area contributed by atoms with Crippen LogP contribution in [-0.4, -0.2) is 10.3 Å². The number of hydrogen-bond acceptors (Lipinski definition) is 6. The monoisotopic (exact) mass is 291 g/mol. The summed E-state index contributed by atoms with van der Waals surface area (Å²) in [5.74, 6) is 0. The number of aliphatic imine (C=N–C) groups is 2. The second-order valence-corrected chi connectivity index (χ2v) is 4.66. The molecule has 0 N–H and O–H groups in total. The zero-order valence-electron chi connectivity index (χ0n) is 10.1. The van der Waals surface area contributed by atoms with E-state index in [2.05, 4.69) is 44.7 Å². The van der Waals surface area contributed by atoms with Crippen LogP contribution >= 0.6 is 36.2 Å². The molecule has 0 atom stereocenters. The topological polar surface area (TPSA) is 48.5 Å². The van der Waals surface area contributed by atoms with E-state index in [9.17, 15) is 0 Å². The normalized spacial score (nSPS) is 9.00. The highest BCUT2D eigenvalue weighted by molar-refractivity contribution is 8.04. The van der Waals surface area contributed by atoms with Gasteiger partial charge in [-0.3, -0.25) is 0 Å². The SMILES string of the molecule is Cc1c(C)c(N=C=S)c(N=C=S)c(SC#N)c1C. The second-order valence-electron chi connectivity index (χ2n) is 3.50. The van der Waals surface area contributed by atoms with Crippen LogP contribution in [0.15, 0.2) is 14.9 Å². The number of isothiocyanates is 2. The lowest BCUT2D eigenvalue weighted by Gasteiger charge is -2.14. The van der Waals surface area contributed by atoms with E-state index in [0.29, 0.717) is 11.4 Å². The lowest BCUT2D eigenvalue weighted by molar-refractivity contribution is 1.17. The van der Waals surface area contributed by atoms with E-state index < -0.39 is 0 Å². The number of rotatable bonds is 3. The van der Waals surface area contributed by atoms with Crippen molar-refractivity contribution in [2.24, 2.45) is 9.98 Å². The highest BCUT2D eigenvalue weighted by Gasteiger charge is 2.17. The smallest absolute Gasteiger partial charge is 0.138 e. The van der Waals surface area contributed by atoms with E-state index in [1.165, 1.54) is 0 Å². The van der Waals surface area contributed by atoms with Crippen molar-refractivity contribution in [1.29, 1.82) is 5.26 Å². The van der Waals surface area contributed by atoms with Crippen molar-refractivity contribution in [3.8, 4) is 5.40 Å². The molecule has 18 heavy (non-hydrogen) atoms. The Morgan fingerprint density at radius 3 is 2.00 bits per heavy atom. The Bertz CT molecular complexity index is 631. The summed E-state index contributed by atoms with van der Waals surface area (Å²) in [5.41, 5.74) is 4.14. The first kappa shape index (κ1) is 14.7. The van der Waals surface area contributed by atoms with Crippen LogP contribution in [0.3, 0.4) is 0 Å². The van der Waals surface area contributed by atoms with E-state index in [1.54, 1.807) is 0 Å². The Kier molecular flexibility index (Phi) is 5.36. The van der Waals surface area contributed by atoms with Crippen molar-refractivity contribution >= 4 is 57.9 Å². The van der Waals surface area contributed by atoms with Gasteiger partial charge in [0.25, 0.3) is 0 Å². The molecule has 3 nitrogen and oxygen atoms in total. The molecule has 90 valence electrons. The van der Waals surface area contributed by atoms with Gasteiger partial charge in [0.2, 0.25) is 0 Å². The Morgan fingerprint density at radius 2 is 1.50 bits per heavy atom. The summed E-state index contributed by atoms with van der Waals surface area (Å²) < 4.78 is 0. The molecular formula is C12H9N3S3. The molecule has 1 aromatic rings. The first-order chi connectivity index (χ1) is 8.58. The van der Waals surface area contributed by atoms with Gasteiger partial charge in [0.1, 0.15) is 16.8 Å². The zero-order valence-corrected chi connectivity index (χ0v) is 12.5. The number of nitriles is 1. The summed E-state index contributed by atoms with van der Waals surface area (Å²) in [7, 11) is 0. The molecule has 0 saturated carbocycles. The van der Waals surface area contributed by atoms with Crippen LogP contribution in [0.25, 0.3) is 0 Å². The second kappa shape index (κ2) is 6.55. The predicted molar refractivity (Wildman–Crippen MR) is 81.5 cm³/mol. The highest BCUT2D eigenvalue weighted by atomic mass is 32.2. The molecule has 1 aromatic carbocycles. The summed E-state index contributed by atoms with van der Waals surface area (Å²) in [4.78, 5) is 8.79. The fraction of sp³-hybridized carbons (Fsp3) is 0.250. The summed E-state index contributed by atoms with van der Waals surface area (Å²) in [6.45, 7) is 5.84. The molecule has 1 rings (SSSR count). The van der Waals surface area contributed by atoms with Gasteiger partial charge in [-0.1, -0.05) is 0 Å². The standard InChI is InChI=1S/C12H9N3S3/c1-7-8(2)10(14-5-16)11(15-6-17)12(9(7)3)18-4-13/h1-3H3. The third-order valence-corrected chi connectivity index (χ3v) is 3.70. The van der Waals surface area contributed by atoms with Crippen molar-refractivity contribution in [3.63, 3.8) is 0 Å². The summed E-state index contributed by atoms with van der Waals surface area (Å²) >= 11 is 10.3. The van der Waals surface area contributed by atoms with Gasteiger partial charge < -0.3 is 0 Å². The molecule has 0 aromatic heterocycles. The van der Waals surface area contributed by atoms with Crippen molar-refractivity contribution < 1.29 is 0 Å². The van der Waals surface area contributed by atoms with E-state index in [0.717, 1.165) is 33.3 Å². The molecular weight excluding hydrogens is 282 g/mol.